The number of unbranched alkanes of at least 4 members (excludes halogenated alkanes) is 39. The summed E-state index contributed by atoms with van der Waals surface area (Å²) in [5, 5.41) is 121. The van der Waals surface area contributed by atoms with E-state index in [9.17, 15) is 61.0 Å². The second-order valence-corrected chi connectivity index (χ2v) is 25.7. The third kappa shape index (κ3) is 32.4. The lowest BCUT2D eigenvalue weighted by Crippen LogP contribution is -2.66. The largest absolute Gasteiger partial charge is 0.394 e. The monoisotopic (exact) mass is 1240 g/mol. The van der Waals surface area contributed by atoms with Crippen LogP contribution in [0.5, 0.6) is 0 Å². The second kappa shape index (κ2) is 50.4. The Morgan fingerprint density at radius 3 is 1.01 bits per heavy atom. The number of carbonyl (C=O) groups is 1. The molecule has 12 N–H and O–H groups in total. The average molecular weight is 1240 g/mol. The van der Waals surface area contributed by atoms with Crippen LogP contribution in [0.1, 0.15) is 290 Å². The molecule has 1 amide bonds. The first-order valence-electron chi connectivity index (χ1n) is 35.3. The number of hydrogen-bond donors (Lipinski definition) is 12. The van der Waals surface area contributed by atoms with Gasteiger partial charge in [-0.2, -0.15) is 0 Å². The summed E-state index contributed by atoms with van der Waals surface area (Å²) < 4.78 is 34.4. The van der Waals surface area contributed by atoms with Crippen molar-refractivity contribution in [3.63, 3.8) is 0 Å². The zero-order chi connectivity index (χ0) is 62.6. The number of aliphatic hydroxyl groups is 11. The van der Waals surface area contributed by atoms with Gasteiger partial charge in [0.2, 0.25) is 5.91 Å². The molecule has 0 aliphatic carbocycles. The quantitative estimate of drug-likeness (QED) is 0.0253. The normalized spacial score (nSPS) is 28.7. The van der Waals surface area contributed by atoms with Crippen molar-refractivity contribution in [2.24, 2.45) is 0 Å². The number of ether oxygens (including phenoxy) is 6. The van der Waals surface area contributed by atoms with E-state index in [4.69, 9.17) is 28.4 Å². The first kappa shape index (κ1) is 79.0. The lowest BCUT2D eigenvalue weighted by atomic mass is 9.96. The summed E-state index contributed by atoms with van der Waals surface area (Å²) in [5.74, 6) is -0.235. The van der Waals surface area contributed by atoms with Crippen LogP contribution in [0.3, 0.4) is 0 Å². The number of amides is 1. The standard InChI is InChI=1S/C67H129NO18/c1-3-5-7-9-11-13-15-17-19-21-23-25-26-28-30-32-34-36-38-40-42-44-51(72)50(68-55(73)45-43-41-39-37-35-33-31-29-27-24-22-20-18-16-14-12-10-8-6-4-2)49-81-65-61(79)58(76)63(53(47-70)83-65)86-67-62(80)59(77)64(54(48-71)84-67)85-66-60(78)57(75)56(74)52(46-69)82-66/h50-54,56-67,69-72,74-80H,3-49H2,1-2H3,(H,68,73). The van der Waals surface area contributed by atoms with Crippen molar-refractivity contribution in [3.8, 4) is 0 Å². The highest BCUT2D eigenvalue weighted by Gasteiger charge is 2.53. The van der Waals surface area contributed by atoms with Crippen molar-refractivity contribution >= 4 is 5.91 Å². The van der Waals surface area contributed by atoms with Gasteiger partial charge in [0.15, 0.2) is 18.9 Å². The van der Waals surface area contributed by atoms with Gasteiger partial charge in [-0.3, -0.25) is 4.79 Å². The fraction of sp³-hybridized carbons (Fsp3) is 0.985. The molecule has 0 bridgehead atoms. The Balaban J connectivity index is 1.43. The molecule has 510 valence electrons. The third-order valence-corrected chi connectivity index (χ3v) is 18.2. The van der Waals surface area contributed by atoms with Crippen LogP contribution in [-0.2, 0) is 33.2 Å². The van der Waals surface area contributed by atoms with Crippen LogP contribution in [0.4, 0.5) is 0 Å². The minimum absolute atomic E-state index is 0.235. The predicted molar refractivity (Wildman–Crippen MR) is 333 cm³/mol. The summed E-state index contributed by atoms with van der Waals surface area (Å²) >= 11 is 0. The first-order valence-corrected chi connectivity index (χ1v) is 35.3. The van der Waals surface area contributed by atoms with Gasteiger partial charge in [-0.1, -0.05) is 271 Å². The van der Waals surface area contributed by atoms with Gasteiger partial charge in [-0.05, 0) is 12.8 Å². The van der Waals surface area contributed by atoms with E-state index in [1.54, 1.807) is 0 Å². The Labute approximate surface area is 519 Å². The molecule has 19 nitrogen and oxygen atoms in total. The number of rotatable bonds is 55. The van der Waals surface area contributed by atoms with Crippen LogP contribution in [0.2, 0.25) is 0 Å². The molecule has 17 unspecified atom stereocenters. The van der Waals surface area contributed by atoms with E-state index in [0.29, 0.717) is 12.8 Å². The maximum atomic E-state index is 13.4. The Kier molecular flexibility index (Phi) is 46.3. The number of aliphatic hydroxyl groups excluding tert-OH is 11. The van der Waals surface area contributed by atoms with Crippen LogP contribution < -0.4 is 5.32 Å². The van der Waals surface area contributed by atoms with E-state index in [-0.39, 0.29) is 18.9 Å². The van der Waals surface area contributed by atoms with Gasteiger partial charge in [-0.15, -0.1) is 0 Å². The van der Waals surface area contributed by atoms with Crippen LogP contribution in [0.15, 0.2) is 0 Å². The molecule has 17 atom stereocenters. The van der Waals surface area contributed by atoms with E-state index < -0.39 is 124 Å². The van der Waals surface area contributed by atoms with E-state index in [2.05, 4.69) is 19.2 Å². The number of hydrogen-bond acceptors (Lipinski definition) is 18. The topological polar surface area (TPSA) is 307 Å². The minimum atomic E-state index is -1.97. The molecule has 3 fully saturated rings. The Morgan fingerprint density at radius 2 is 0.663 bits per heavy atom. The number of carbonyl (C=O) groups excluding carboxylic acids is 1. The van der Waals surface area contributed by atoms with Crippen molar-refractivity contribution in [1.82, 2.24) is 5.32 Å². The lowest BCUT2D eigenvalue weighted by molar-refractivity contribution is -0.379. The first-order chi connectivity index (χ1) is 41.8. The third-order valence-electron chi connectivity index (χ3n) is 18.2. The fourth-order valence-corrected chi connectivity index (χ4v) is 12.4. The molecule has 3 rings (SSSR count). The second-order valence-electron chi connectivity index (χ2n) is 25.7. The van der Waals surface area contributed by atoms with Gasteiger partial charge in [0.1, 0.15) is 73.2 Å². The Bertz CT molecular complexity index is 1570. The molecule has 0 aromatic carbocycles. The highest BCUT2D eigenvalue weighted by molar-refractivity contribution is 5.76. The summed E-state index contributed by atoms with van der Waals surface area (Å²) in [4.78, 5) is 13.4. The molecule has 0 saturated carbocycles. The highest BCUT2D eigenvalue weighted by Crippen LogP contribution is 2.33. The van der Waals surface area contributed by atoms with Gasteiger partial charge in [0.05, 0.1) is 38.6 Å². The maximum absolute atomic E-state index is 13.4. The summed E-state index contributed by atoms with van der Waals surface area (Å²) in [5.41, 5.74) is 0. The molecule has 0 aromatic heterocycles. The lowest BCUT2D eigenvalue weighted by Gasteiger charge is -2.48. The van der Waals surface area contributed by atoms with Crippen molar-refractivity contribution in [2.45, 2.75) is 394 Å². The highest BCUT2D eigenvalue weighted by atomic mass is 16.8. The van der Waals surface area contributed by atoms with Crippen LogP contribution in [0, 0.1) is 0 Å². The van der Waals surface area contributed by atoms with Crippen LogP contribution >= 0.6 is 0 Å². The summed E-state index contributed by atoms with van der Waals surface area (Å²) in [6.07, 6.45) is 26.0. The molecule has 0 aromatic rings. The van der Waals surface area contributed by atoms with E-state index in [1.165, 1.54) is 212 Å². The Morgan fingerprint density at radius 1 is 0.372 bits per heavy atom. The van der Waals surface area contributed by atoms with E-state index in [1.807, 2.05) is 0 Å². The van der Waals surface area contributed by atoms with Gasteiger partial charge in [-0.25, -0.2) is 0 Å². The summed E-state index contributed by atoms with van der Waals surface area (Å²) in [6, 6.07) is -0.881. The van der Waals surface area contributed by atoms with Crippen molar-refractivity contribution in [1.29, 1.82) is 0 Å². The van der Waals surface area contributed by atoms with Crippen molar-refractivity contribution < 1.29 is 89.4 Å². The van der Waals surface area contributed by atoms with Crippen molar-refractivity contribution in [2.75, 3.05) is 26.4 Å². The molecule has 3 aliphatic heterocycles. The zero-order valence-corrected chi connectivity index (χ0v) is 53.8. The van der Waals surface area contributed by atoms with Gasteiger partial charge < -0.3 is 89.9 Å². The van der Waals surface area contributed by atoms with Gasteiger partial charge >= 0.3 is 0 Å². The summed E-state index contributed by atoms with van der Waals surface area (Å²) in [6.45, 7) is 1.85. The zero-order valence-electron chi connectivity index (χ0n) is 53.8. The molecular weight excluding hydrogens is 1110 g/mol. The molecule has 3 heterocycles. The molecular formula is C67H129NO18. The van der Waals surface area contributed by atoms with Gasteiger partial charge in [0, 0.05) is 6.42 Å². The van der Waals surface area contributed by atoms with Crippen molar-refractivity contribution in [3.05, 3.63) is 0 Å². The Hall–Kier alpha value is -1.21. The molecule has 3 saturated heterocycles. The molecule has 86 heavy (non-hydrogen) atoms. The number of nitrogens with one attached hydrogen (secondary N) is 1. The van der Waals surface area contributed by atoms with E-state index >= 15 is 0 Å². The van der Waals surface area contributed by atoms with Crippen LogP contribution in [0.25, 0.3) is 0 Å². The molecule has 19 heteroatoms. The summed E-state index contributed by atoms with van der Waals surface area (Å²) in [7, 11) is 0. The van der Waals surface area contributed by atoms with E-state index in [0.717, 1.165) is 44.9 Å². The SMILES string of the molecule is CCCCCCCCCCCCCCCCCCCCCCCC(O)C(COC1OC(CO)C(OC2OC(CO)C(OC3OC(CO)C(O)C(O)C3O)C(O)C2O)C(O)C1O)NC(=O)CCCCCCCCCCCCCCCCCCCCCC. The van der Waals surface area contributed by atoms with Gasteiger partial charge in [0.25, 0.3) is 0 Å². The van der Waals surface area contributed by atoms with Crippen LogP contribution in [-0.4, -0.2) is 193 Å². The molecule has 0 radical (unpaired) electrons. The predicted octanol–water partition coefficient (Wildman–Crippen LogP) is 9.11. The smallest absolute Gasteiger partial charge is 0.220 e. The minimum Gasteiger partial charge on any atom is -0.394 e. The molecule has 0 spiro atoms. The average Bonchev–Trinajstić information content (AvgIpc) is 3.17. The fourth-order valence-electron chi connectivity index (χ4n) is 12.4. The molecule has 3 aliphatic rings. The maximum Gasteiger partial charge on any atom is 0.220 e.